The number of aliphatic hydroxyl groups excluding tert-OH is 1. The maximum atomic E-state index is 12.7. The van der Waals surface area contributed by atoms with Crippen LogP contribution in [-0.4, -0.2) is 33.3 Å². The van der Waals surface area contributed by atoms with Gasteiger partial charge < -0.3 is 15.1 Å². The summed E-state index contributed by atoms with van der Waals surface area (Å²) in [5.41, 5.74) is 1.13. The third-order valence-corrected chi connectivity index (χ3v) is 4.53. The van der Waals surface area contributed by atoms with Crippen molar-refractivity contribution in [1.29, 1.82) is 0 Å². The van der Waals surface area contributed by atoms with Gasteiger partial charge >= 0.3 is 0 Å². The number of phenolic OH excluding ortho intramolecular Hbond substituents is 1. The van der Waals surface area contributed by atoms with Crippen LogP contribution in [0, 0.1) is 0 Å². The number of aromatic hydroxyl groups is 1. The zero-order valence-electron chi connectivity index (χ0n) is 14.6. The molecule has 1 fully saturated rings. The molecule has 1 saturated heterocycles. The second-order valence-electron chi connectivity index (χ2n) is 6.31. The van der Waals surface area contributed by atoms with Crippen molar-refractivity contribution < 1.29 is 19.8 Å². The number of benzene rings is 2. The molecule has 0 radical (unpaired) electrons. The number of amides is 1. The van der Waals surface area contributed by atoms with Crippen molar-refractivity contribution >= 4 is 17.4 Å². The van der Waals surface area contributed by atoms with Gasteiger partial charge in [0, 0.05) is 12.1 Å². The summed E-state index contributed by atoms with van der Waals surface area (Å²) in [6, 6.07) is 14.4. The molecule has 1 aliphatic rings. The molecular formula is C21H21NO4. The number of phenols is 1. The molecule has 0 aliphatic carbocycles. The van der Waals surface area contributed by atoms with E-state index in [1.54, 1.807) is 36.4 Å². The number of Topliss-reactive ketones (excluding diaryl/α,β-unsaturated/α-hetero) is 1. The van der Waals surface area contributed by atoms with Crippen LogP contribution in [0.3, 0.4) is 0 Å². The van der Waals surface area contributed by atoms with Crippen LogP contribution in [0.2, 0.25) is 0 Å². The number of rotatable bonds is 5. The topological polar surface area (TPSA) is 77.8 Å². The van der Waals surface area contributed by atoms with E-state index >= 15 is 0 Å². The van der Waals surface area contributed by atoms with Gasteiger partial charge in [0.25, 0.3) is 11.7 Å². The minimum atomic E-state index is -0.714. The molecule has 5 heteroatoms. The van der Waals surface area contributed by atoms with E-state index in [4.69, 9.17) is 0 Å². The van der Waals surface area contributed by atoms with Crippen LogP contribution in [0.5, 0.6) is 5.75 Å². The van der Waals surface area contributed by atoms with Crippen LogP contribution >= 0.6 is 0 Å². The Morgan fingerprint density at radius 1 is 1.08 bits per heavy atom. The average molecular weight is 351 g/mol. The van der Waals surface area contributed by atoms with Crippen molar-refractivity contribution in [2.45, 2.75) is 25.8 Å². The first-order chi connectivity index (χ1) is 12.5. The van der Waals surface area contributed by atoms with Crippen molar-refractivity contribution in [1.82, 2.24) is 4.90 Å². The Morgan fingerprint density at radius 3 is 2.46 bits per heavy atom. The maximum absolute atomic E-state index is 12.7. The second kappa shape index (κ2) is 7.44. The zero-order chi connectivity index (χ0) is 18.7. The predicted molar refractivity (Wildman–Crippen MR) is 98.5 cm³/mol. The highest BCUT2D eigenvalue weighted by Crippen LogP contribution is 2.40. The van der Waals surface area contributed by atoms with Crippen molar-refractivity contribution in [3.05, 3.63) is 71.3 Å². The lowest BCUT2D eigenvalue weighted by atomic mass is 9.95. The average Bonchev–Trinajstić information content (AvgIpc) is 2.91. The van der Waals surface area contributed by atoms with E-state index in [1.807, 2.05) is 13.0 Å². The van der Waals surface area contributed by atoms with E-state index in [9.17, 15) is 19.8 Å². The SMILES string of the molecule is CCCCN1C(=O)C(=O)/C(=C(\O)c2ccccc2)C1c1cccc(O)c1. The van der Waals surface area contributed by atoms with E-state index in [-0.39, 0.29) is 17.1 Å². The van der Waals surface area contributed by atoms with Crippen LogP contribution in [0.4, 0.5) is 0 Å². The summed E-state index contributed by atoms with van der Waals surface area (Å²) >= 11 is 0. The highest BCUT2D eigenvalue weighted by atomic mass is 16.3. The lowest BCUT2D eigenvalue weighted by Gasteiger charge is -2.25. The minimum Gasteiger partial charge on any atom is -0.508 e. The molecule has 0 aromatic heterocycles. The molecule has 1 aliphatic heterocycles. The number of unbranched alkanes of at least 4 members (excludes halogenated alkanes) is 1. The summed E-state index contributed by atoms with van der Waals surface area (Å²) in [5.74, 6) is -1.47. The third-order valence-electron chi connectivity index (χ3n) is 4.53. The number of carbonyl (C=O) groups excluding carboxylic acids is 2. The molecule has 26 heavy (non-hydrogen) atoms. The number of ketones is 1. The van der Waals surface area contributed by atoms with Gasteiger partial charge in [0.05, 0.1) is 11.6 Å². The Labute approximate surface area is 152 Å². The summed E-state index contributed by atoms with van der Waals surface area (Å²) < 4.78 is 0. The summed E-state index contributed by atoms with van der Waals surface area (Å²) in [4.78, 5) is 26.8. The molecule has 2 aromatic carbocycles. The molecule has 2 aromatic rings. The summed E-state index contributed by atoms with van der Waals surface area (Å²) in [6.45, 7) is 2.41. The van der Waals surface area contributed by atoms with Crippen LogP contribution in [0.1, 0.15) is 36.9 Å². The highest BCUT2D eigenvalue weighted by Gasteiger charge is 2.45. The first-order valence-corrected chi connectivity index (χ1v) is 8.67. The molecular weight excluding hydrogens is 330 g/mol. The zero-order valence-corrected chi connectivity index (χ0v) is 14.6. The van der Waals surface area contributed by atoms with Gasteiger partial charge in [-0.15, -0.1) is 0 Å². The fourth-order valence-corrected chi connectivity index (χ4v) is 3.23. The standard InChI is InChI=1S/C21H21NO4/c1-2-3-12-22-18(15-10-7-11-16(23)13-15)17(20(25)21(22)26)19(24)14-8-5-4-6-9-14/h4-11,13,18,23-24H,2-3,12H2,1H3/b19-17-. The van der Waals surface area contributed by atoms with Crippen molar-refractivity contribution in [3.8, 4) is 5.75 Å². The Morgan fingerprint density at radius 2 is 1.81 bits per heavy atom. The van der Waals surface area contributed by atoms with Crippen molar-refractivity contribution in [2.75, 3.05) is 6.54 Å². The number of hydrogen-bond acceptors (Lipinski definition) is 4. The maximum Gasteiger partial charge on any atom is 0.295 e. The smallest absolute Gasteiger partial charge is 0.295 e. The van der Waals surface area contributed by atoms with Gasteiger partial charge in [-0.2, -0.15) is 0 Å². The van der Waals surface area contributed by atoms with Crippen LogP contribution in [-0.2, 0) is 9.59 Å². The number of nitrogens with zero attached hydrogens (tertiary/aromatic N) is 1. The molecule has 1 atom stereocenters. The van der Waals surface area contributed by atoms with E-state index in [0.29, 0.717) is 17.7 Å². The number of carbonyl (C=O) groups is 2. The Balaban J connectivity index is 2.16. The van der Waals surface area contributed by atoms with Crippen LogP contribution in [0.25, 0.3) is 5.76 Å². The van der Waals surface area contributed by atoms with Gasteiger partial charge in [0.1, 0.15) is 11.5 Å². The molecule has 3 rings (SSSR count). The van der Waals surface area contributed by atoms with E-state index < -0.39 is 17.7 Å². The van der Waals surface area contributed by atoms with E-state index in [1.165, 1.54) is 17.0 Å². The van der Waals surface area contributed by atoms with Gasteiger partial charge in [0.15, 0.2) is 0 Å². The first-order valence-electron chi connectivity index (χ1n) is 8.67. The highest BCUT2D eigenvalue weighted by molar-refractivity contribution is 6.46. The third kappa shape index (κ3) is 3.20. The van der Waals surface area contributed by atoms with Gasteiger partial charge in [-0.05, 0) is 24.1 Å². The summed E-state index contributed by atoms with van der Waals surface area (Å²) in [6.07, 6.45) is 1.61. The first kappa shape index (κ1) is 17.7. The molecule has 1 amide bonds. The fraction of sp³-hybridized carbons (Fsp3) is 0.238. The van der Waals surface area contributed by atoms with E-state index in [2.05, 4.69) is 0 Å². The van der Waals surface area contributed by atoms with Crippen LogP contribution < -0.4 is 0 Å². The Hall–Kier alpha value is -3.08. The van der Waals surface area contributed by atoms with Crippen molar-refractivity contribution in [3.63, 3.8) is 0 Å². The molecule has 5 nitrogen and oxygen atoms in total. The van der Waals surface area contributed by atoms with Gasteiger partial charge in [-0.1, -0.05) is 55.8 Å². The summed E-state index contributed by atoms with van der Waals surface area (Å²) in [7, 11) is 0. The van der Waals surface area contributed by atoms with E-state index in [0.717, 1.165) is 12.8 Å². The minimum absolute atomic E-state index is 0.0447. The predicted octanol–water partition coefficient (Wildman–Crippen LogP) is 3.61. The fourth-order valence-electron chi connectivity index (χ4n) is 3.23. The second-order valence-corrected chi connectivity index (χ2v) is 6.31. The summed E-state index contributed by atoms with van der Waals surface area (Å²) in [5, 5.41) is 20.6. The largest absolute Gasteiger partial charge is 0.508 e. The molecule has 2 N–H and O–H groups in total. The normalized spacial score (nSPS) is 19.1. The lowest BCUT2D eigenvalue weighted by Crippen LogP contribution is -2.30. The molecule has 1 heterocycles. The van der Waals surface area contributed by atoms with Gasteiger partial charge in [0.2, 0.25) is 0 Å². The van der Waals surface area contributed by atoms with Crippen LogP contribution in [0.15, 0.2) is 60.2 Å². The van der Waals surface area contributed by atoms with Crippen molar-refractivity contribution in [2.24, 2.45) is 0 Å². The molecule has 1 unspecified atom stereocenters. The number of aliphatic hydroxyl groups is 1. The Kier molecular flexibility index (Phi) is 5.07. The number of hydrogen-bond donors (Lipinski definition) is 2. The van der Waals surface area contributed by atoms with Gasteiger partial charge in [-0.3, -0.25) is 9.59 Å². The lowest BCUT2D eigenvalue weighted by molar-refractivity contribution is -0.139. The molecule has 134 valence electrons. The number of likely N-dealkylation sites (tertiary alicyclic amines) is 1. The monoisotopic (exact) mass is 351 g/mol. The molecule has 0 bridgehead atoms. The Bertz CT molecular complexity index is 857. The molecule has 0 spiro atoms. The quantitative estimate of drug-likeness (QED) is 0.490. The van der Waals surface area contributed by atoms with Gasteiger partial charge in [-0.25, -0.2) is 0 Å². The molecule has 0 saturated carbocycles.